The molecule has 1 saturated heterocycles. The highest BCUT2D eigenvalue weighted by molar-refractivity contribution is 7.91. The van der Waals surface area contributed by atoms with Crippen molar-refractivity contribution in [3.05, 3.63) is 30.1 Å². The van der Waals surface area contributed by atoms with Crippen LogP contribution in [0.25, 0.3) is 0 Å². The highest BCUT2D eigenvalue weighted by Crippen LogP contribution is 2.19. The largest absolute Gasteiger partial charge is 0.480 e. The van der Waals surface area contributed by atoms with Crippen LogP contribution in [0.1, 0.15) is 12.0 Å². The molecule has 1 atom stereocenters. The molecule has 1 N–H and O–H groups in total. The van der Waals surface area contributed by atoms with E-state index in [2.05, 4.69) is 4.98 Å². The normalized spacial score (nSPS) is 21.6. The van der Waals surface area contributed by atoms with Crippen LogP contribution in [-0.2, 0) is 21.2 Å². The van der Waals surface area contributed by atoms with Crippen LogP contribution in [0.15, 0.2) is 24.5 Å². The van der Waals surface area contributed by atoms with Gasteiger partial charge in [-0.25, -0.2) is 8.42 Å². The molecule has 0 radical (unpaired) electrons. The van der Waals surface area contributed by atoms with Crippen molar-refractivity contribution < 1.29 is 18.3 Å². The summed E-state index contributed by atoms with van der Waals surface area (Å²) in [6.45, 7) is 0.275. The number of nitrogens with zero attached hydrogens (tertiary/aromatic N) is 2. The number of pyridine rings is 1. The van der Waals surface area contributed by atoms with Gasteiger partial charge in [0.15, 0.2) is 9.84 Å². The molecule has 1 fully saturated rings. The highest BCUT2D eigenvalue weighted by Gasteiger charge is 2.33. The topological polar surface area (TPSA) is 87.6 Å². The molecule has 1 aromatic rings. The minimum Gasteiger partial charge on any atom is -0.480 e. The second kappa shape index (κ2) is 5.66. The van der Waals surface area contributed by atoms with Crippen LogP contribution in [0, 0.1) is 0 Å². The van der Waals surface area contributed by atoms with Crippen LogP contribution in [0.2, 0.25) is 0 Å². The summed E-state index contributed by atoms with van der Waals surface area (Å²) in [7, 11) is -3.02. The Labute approximate surface area is 112 Å². The van der Waals surface area contributed by atoms with E-state index in [1.165, 1.54) is 0 Å². The summed E-state index contributed by atoms with van der Waals surface area (Å²) >= 11 is 0. The van der Waals surface area contributed by atoms with Crippen molar-refractivity contribution in [3.8, 4) is 0 Å². The zero-order valence-electron chi connectivity index (χ0n) is 10.4. The molecule has 2 heterocycles. The Hall–Kier alpha value is -1.47. The number of carbonyl (C=O) groups is 1. The van der Waals surface area contributed by atoms with E-state index in [-0.39, 0.29) is 24.1 Å². The van der Waals surface area contributed by atoms with Crippen LogP contribution >= 0.6 is 0 Å². The molecule has 0 bridgehead atoms. The third-order valence-electron chi connectivity index (χ3n) is 3.20. The van der Waals surface area contributed by atoms with Crippen LogP contribution in [0.3, 0.4) is 0 Å². The minimum absolute atomic E-state index is 0.0470. The SMILES string of the molecule is O=C(O)CN(Cc1ccncc1)C1CCS(=O)(=O)C1. The van der Waals surface area contributed by atoms with Gasteiger partial charge in [0.2, 0.25) is 0 Å². The summed E-state index contributed by atoms with van der Waals surface area (Å²) in [5.74, 6) is -0.756. The molecule has 0 aliphatic carbocycles. The first-order chi connectivity index (χ1) is 8.96. The maximum Gasteiger partial charge on any atom is 0.317 e. The summed E-state index contributed by atoms with van der Waals surface area (Å²) in [6, 6.07) is 3.39. The molecule has 104 valence electrons. The zero-order valence-corrected chi connectivity index (χ0v) is 11.2. The molecular formula is C12H16N2O4S. The highest BCUT2D eigenvalue weighted by atomic mass is 32.2. The Morgan fingerprint density at radius 3 is 2.63 bits per heavy atom. The van der Waals surface area contributed by atoms with Crippen LogP contribution < -0.4 is 0 Å². The van der Waals surface area contributed by atoms with E-state index in [9.17, 15) is 13.2 Å². The Morgan fingerprint density at radius 2 is 2.11 bits per heavy atom. The molecule has 19 heavy (non-hydrogen) atoms. The predicted octanol–water partition coefficient (Wildman–Crippen LogP) is 0.155. The molecule has 0 saturated carbocycles. The van der Waals surface area contributed by atoms with Crippen molar-refractivity contribution in [1.29, 1.82) is 0 Å². The van der Waals surface area contributed by atoms with Crippen LogP contribution in [0.5, 0.6) is 0 Å². The smallest absolute Gasteiger partial charge is 0.317 e. The van der Waals surface area contributed by atoms with E-state index in [1.807, 2.05) is 0 Å². The van der Waals surface area contributed by atoms with Crippen molar-refractivity contribution in [2.24, 2.45) is 0 Å². The van der Waals surface area contributed by atoms with Crippen LogP contribution in [0.4, 0.5) is 0 Å². The Kier molecular flexibility index (Phi) is 4.16. The van der Waals surface area contributed by atoms with E-state index >= 15 is 0 Å². The molecule has 2 rings (SSSR count). The summed E-state index contributed by atoms with van der Waals surface area (Å²) in [5, 5.41) is 8.95. The van der Waals surface area contributed by atoms with E-state index in [4.69, 9.17) is 5.11 Å². The summed E-state index contributed by atoms with van der Waals surface area (Å²) in [4.78, 5) is 16.5. The first-order valence-corrected chi connectivity index (χ1v) is 7.83. The molecule has 6 nitrogen and oxygen atoms in total. The predicted molar refractivity (Wildman–Crippen MR) is 69.3 cm³/mol. The van der Waals surface area contributed by atoms with E-state index in [0.29, 0.717) is 13.0 Å². The Balaban J connectivity index is 2.10. The maximum atomic E-state index is 11.5. The van der Waals surface area contributed by atoms with Gasteiger partial charge in [0, 0.05) is 25.0 Å². The molecule has 1 aliphatic rings. The van der Waals surface area contributed by atoms with Gasteiger partial charge in [-0.05, 0) is 24.1 Å². The second-order valence-corrected chi connectivity index (χ2v) is 6.94. The van der Waals surface area contributed by atoms with Crippen molar-refractivity contribution in [2.75, 3.05) is 18.1 Å². The van der Waals surface area contributed by atoms with E-state index in [0.717, 1.165) is 5.56 Å². The third-order valence-corrected chi connectivity index (χ3v) is 4.95. The van der Waals surface area contributed by atoms with Crippen molar-refractivity contribution in [3.63, 3.8) is 0 Å². The number of carboxylic acid groups (broad SMARTS) is 1. The van der Waals surface area contributed by atoms with Gasteiger partial charge in [0.1, 0.15) is 0 Å². The first-order valence-electron chi connectivity index (χ1n) is 6.01. The summed E-state index contributed by atoms with van der Waals surface area (Å²) < 4.78 is 23.0. The lowest BCUT2D eigenvalue weighted by Gasteiger charge is -2.26. The van der Waals surface area contributed by atoms with Gasteiger partial charge >= 0.3 is 5.97 Å². The van der Waals surface area contributed by atoms with Gasteiger partial charge in [0.05, 0.1) is 18.1 Å². The van der Waals surface area contributed by atoms with E-state index < -0.39 is 15.8 Å². The summed E-state index contributed by atoms with van der Waals surface area (Å²) in [6.07, 6.45) is 3.78. The molecule has 1 aliphatic heterocycles. The van der Waals surface area contributed by atoms with Crippen molar-refractivity contribution >= 4 is 15.8 Å². The number of hydrogen-bond donors (Lipinski definition) is 1. The molecule has 0 spiro atoms. The quantitative estimate of drug-likeness (QED) is 0.828. The molecule has 7 heteroatoms. The standard InChI is InChI=1S/C12H16N2O4S/c15-12(16)8-14(7-10-1-4-13-5-2-10)11-3-6-19(17,18)9-11/h1-2,4-5,11H,3,6-9H2,(H,15,16). The fraction of sp³-hybridized carbons (Fsp3) is 0.500. The van der Waals surface area contributed by atoms with Gasteiger partial charge in [-0.15, -0.1) is 0 Å². The third kappa shape index (κ3) is 4.00. The number of hydrogen-bond acceptors (Lipinski definition) is 5. The van der Waals surface area contributed by atoms with Crippen LogP contribution in [-0.4, -0.2) is 53.5 Å². The fourth-order valence-electron chi connectivity index (χ4n) is 2.27. The summed E-state index contributed by atoms with van der Waals surface area (Å²) in [5.41, 5.74) is 0.931. The zero-order chi connectivity index (χ0) is 13.9. The maximum absolute atomic E-state index is 11.5. The number of carboxylic acids is 1. The average molecular weight is 284 g/mol. The lowest BCUT2D eigenvalue weighted by Crippen LogP contribution is -2.39. The Bertz CT molecular complexity index is 544. The second-order valence-electron chi connectivity index (χ2n) is 4.71. The number of sulfone groups is 1. The fourth-order valence-corrected chi connectivity index (χ4v) is 4.04. The van der Waals surface area contributed by atoms with E-state index in [1.54, 1.807) is 29.4 Å². The minimum atomic E-state index is -3.02. The monoisotopic (exact) mass is 284 g/mol. The van der Waals surface area contributed by atoms with Gasteiger partial charge in [0.25, 0.3) is 0 Å². The molecule has 0 aromatic carbocycles. The average Bonchev–Trinajstić information content (AvgIpc) is 2.70. The molecule has 1 aromatic heterocycles. The van der Waals surface area contributed by atoms with Gasteiger partial charge in [-0.2, -0.15) is 0 Å². The first kappa shape index (κ1) is 14.0. The van der Waals surface area contributed by atoms with Gasteiger partial charge < -0.3 is 5.11 Å². The lowest BCUT2D eigenvalue weighted by molar-refractivity contribution is -0.139. The Morgan fingerprint density at radius 1 is 1.42 bits per heavy atom. The van der Waals surface area contributed by atoms with Crippen molar-refractivity contribution in [2.45, 2.75) is 19.0 Å². The lowest BCUT2D eigenvalue weighted by atomic mass is 10.2. The number of aliphatic carboxylic acids is 1. The molecule has 0 amide bonds. The molecular weight excluding hydrogens is 268 g/mol. The number of aromatic nitrogens is 1. The molecule has 1 unspecified atom stereocenters. The number of rotatable bonds is 5. The van der Waals surface area contributed by atoms with Gasteiger partial charge in [-0.3, -0.25) is 14.7 Å². The van der Waals surface area contributed by atoms with Crippen molar-refractivity contribution in [1.82, 2.24) is 9.88 Å². The van der Waals surface area contributed by atoms with Gasteiger partial charge in [-0.1, -0.05) is 0 Å².